The number of hydrogen-bond donors (Lipinski definition) is 2. The van der Waals surface area contributed by atoms with Crippen LogP contribution in [0.3, 0.4) is 0 Å². The number of piperazine rings is 1. The monoisotopic (exact) mass is 447 g/mol. The Kier molecular flexibility index (Phi) is 3.14. The lowest BCUT2D eigenvalue weighted by atomic mass is 9.57. The van der Waals surface area contributed by atoms with E-state index in [0.29, 0.717) is 25.8 Å². The number of carbonyl (C=O) groups excluding carboxylic acids is 3. The Morgan fingerprint density at radius 2 is 1.88 bits per heavy atom. The molecule has 4 saturated heterocycles. The zero-order chi connectivity index (χ0) is 23.2. The molecule has 172 valence electrons. The predicted octanol–water partition coefficient (Wildman–Crippen LogP) is 2.74. The highest BCUT2D eigenvalue weighted by atomic mass is 16.5. The average Bonchev–Trinajstić information content (AvgIpc) is 3.35. The summed E-state index contributed by atoms with van der Waals surface area (Å²) < 4.78 is 6.15. The van der Waals surface area contributed by atoms with Gasteiger partial charge in [-0.05, 0) is 68.7 Å². The Morgan fingerprint density at radius 1 is 1.09 bits per heavy atom. The smallest absolute Gasteiger partial charge is 0.249 e. The molecule has 1 aromatic rings. The zero-order valence-electron chi connectivity index (χ0n) is 19.5. The van der Waals surface area contributed by atoms with Gasteiger partial charge in [-0.25, -0.2) is 0 Å². The second-order valence-electron chi connectivity index (χ2n) is 12.0. The summed E-state index contributed by atoms with van der Waals surface area (Å²) in [5.74, 6) is 0.523. The summed E-state index contributed by atoms with van der Waals surface area (Å²) in [4.78, 5) is 43.0. The molecule has 6 aliphatic heterocycles. The van der Waals surface area contributed by atoms with E-state index < -0.39 is 27.5 Å². The molecule has 3 spiro atoms. The second-order valence-corrected chi connectivity index (χ2v) is 12.0. The maximum atomic E-state index is 13.9. The molecule has 0 radical (unpaired) electrons. The summed E-state index contributed by atoms with van der Waals surface area (Å²) in [6.07, 6.45) is 6.51. The fourth-order valence-corrected chi connectivity index (χ4v) is 8.24. The molecule has 4 atom stereocenters. The molecule has 1 aliphatic carbocycles. The van der Waals surface area contributed by atoms with Crippen LogP contribution in [0.4, 0.5) is 5.69 Å². The van der Waals surface area contributed by atoms with E-state index in [1.807, 2.05) is 43.0 Å². The van der Waals surface area contributed by atoms with Crippen molar-refractivity contribution in [2.75, 3.05) is 11.9 Å². The number of piperidine rings is 2. The summed E-state index contributed by atoms with van der Waals surface area (Å²) in [7, 11) is 0. The zero-order valence-corrected chi connectivity index (χ0v) is 19.5. The van der Waals surface area contributed by atoms with Crippen molar-refractivity contribution in [2.24, 2.45) is 11.3 Å². The van der Waals surface area contributed by atoms with Crippen LogP contribution < -0.4 is 15.4 Å². The minimum atomic E-state index is -1.03. The normalized spacial score (nSPS) is 40.2. The topological polar surface area (TPSA) is 87.7 Å². The highest BCUT2D eigenvalue weighted by Gasteiger charge is 2.80. The Labute approximate surface area is 192 Å². The van der Waals surface area contributed by atoms with Crippen molar-refractivity contribution in [1.82, 2.24) is 10.2 Å². The number of carbonyl (C=O) groups is 3. The van der Waals surface area contributed by atoms with Crippen LogP contribution in [0.2, 0.25) is 0 Å². The van der Waals surface area contributed by atoms with Crippen LogP contribution in [0.5, 0.6) is 5.75 Å². The van der Waals surface area contributed by atoms with E-state index in [4.69, 9.17) is 4.74 Å². The van der Waals surface area contributed by atoms with Gasteiger partial charge in [0.15, 0.2) is 0 Å². The van der Waals surface area contributed by atoms with Crippen LogP contribution in [-0.2, 0) is 19.8 Å². The number of anilines is 1. The predicted molar refractivity (Wildman–Crippen MR) is 122 cm³/mol. The van der Waals surface area contributed by atoms with Crippen molar-refractivity contribution in [2.45, 2.75) is 75.5 Å². The molecule has 0 aromatic heterocycles. The van der Waals surface area contributed by atoms with Gasteiger partial charge in [-0.2, -0.15) is 0 Å². The van der Waals surface area contributed by atoms with E-state index >= 15 is 0 Å². The van der Waals surface area contributed by atoms with Gasteiger partial charge in [-0.1, -0.05) is 19.9 Å². The molecule has 1 saturated carbocycles. The third kappa shape index (κ3) is 1.87. The van der Waals surface area contributed by atoms with Gasteiger partial charge < -0.3 is 20.3 Å². The van der Waals surface area contributed by atoms with Gasteiger partial charge in [0.1, 0.15) is 22.4 Å². The Balaban J connectivity index is 1.43. The van der Waals surface area contributed by atoms with Crippen molar-refractivity contribution < 1.29 is 19.1 Å². The highest BCUT2D eigenvalue weighted by molar-refractivity contribution is 6.12. The lowest BCUT2D eigenvalue weighted by Gasteiger charge is -2.59. The van der Waals surface area contributed by atoms with Gasteiger partial charge in [0.2, 0.25) is 17.7 Å². The first-order valence-electron chi connectivity index (χ1n) is 12.0. The molecular weight excluding hydrogens is 418 g/mol. The molecule has 5 fully saturated rings. The maximum absolute atomic E-state index is 13.9. The molecule has 33 heavy (non-hydrogen) atoms. The van der Waals surface area contributed by atoms with Crippen molar-refractivity contribution in [1.29, 1.82) is 0 Å². The third-order valence-corrected chi connectivity index (χ3v) is 9.84. The summed E-state index contributed by atoms with van der Waals surface area (Å²) in [5.41, 5.74) is -1.06. The molecule has 8 rings (SSSR count). The number of nitrogens with one attached hydrogen (secondary N) is 2. The summed E-state index contributed by atoms with van der Waals surface area (Å²) >= 11 is 0. The fraction of sp³-hybridized carbons (Fsp3) is 0.577. The quantitative estimate of drug-likeness (QED) is 0.640. The lowest BCUT2D eigenvalue weighted by Crippen LogP contribution is -2.81. The Bertz CT molecular complexity index is 1230. The van der Waals surface area contributed by atoms with Crippen LogP contribution in [0.1, 0.15) is 64.5 Å². The molecule has 0 unspecified atom stereocenters. The molecular formula is C26H29N3O4. The lowest BCUT2D eigenvalue weighted by molar-refractivity contribution is -0.175. The first-order chi connectivity index (χ1) is 15.5. The van der Waals surface area contributed by atoms with Gasteiger partial charge >= 0.3 is 0 Å². The standard InChI is InChI=1S/C26H29N3O4/c1-22(2)10-8-14-16(33-22)7-6-15-18(14)27-20(31)25(15)13-26-17(23(25,3)4)12-24(19(30)28-26)9-5-11-29(24)21(26)32/h6-8,10,17H,5,9,11-13H2,1-4H3,(H,27,31)(H,28,30)/t17-,24+,25-,26+/m1/s1. The van der Waals surface area contributed by atoms with Crippen LogP contribution in [-0.4, -0.2) is 45.8 Å². The second kappa shape index (κ2) is 5.29. The summed E-state index contributed by atoms with van der Waals surface area (Å²) in [5, 5.41) is 6.36. The molecule has 6 heterocycles. The minimum Gasteiger partial charge on any atom is -0.483 e. The van der Waals surface area contributed by atoms with Crippen LogP contribution >= 0.6 is 0 Å². The Morgan fingerprint density at radius 3 is 2.67 bits per heavy atom. The van der Waals surface area contributed by atoms with Crippen molar-refractivity contribution in [3.8, 4) is 5.75 Å². The first-order valence-corrected chi connectivity index (χ1v) is 12.0. The van der Waals surface area contributed by atoms with E-state index in [-0.39, 0.29) is 23.6 Å². The molecule has 7 heteroatoms. The Hall–Kier alpha value is -2.83. The van der Waals surface area contributed by atoms with Gasteiger partial charge in [0.25, 0.3) is 0 Å². The van der Waals surface area contributed by atoms with Crippen LogP contribution in [0, 0.1) is 11.3 Å². The average molecular weight is 448 g/mol. The largest absolute Gasteiger partial charge is 0.483 e. The van der Waals surface area contributed by atoms with Gasteiger partial charge in [0, 0.05) is 18.0 Å². The van der Waals surface area contributed by atoms with E-state index in [2.05, 4.69) is 24.5 Å². The number of fused-ring (bicyclic) bond motifs is 5. The van der Waals surface area contributed by atoms with Gasteiger partial charge in [-0.15, -0.1) is 0 Å². The molecule has 1 aromatic carbocycles. The minimum absolute atomic E-state index is 0.00462. The maximum Gasteiger partial charge on any atom is 0.249 e. The van der Waals surface area contributed by atoms with Crippen LogP contribution in [0.15, 0.2) is 18.2 Å². The van der Waals surface area contributed by atoms with E-state index in [1.54, 1.807) is 0 Å². The summed E-state index contributed by atoms with van der Waals surface area (Å²) in [6, 6.07) is 3.95. The van der Waals surface area contributed by atoms with Crippen molar-refractivity contribution in [3.63, 3.8) is 0 Å². The number of ether oxygens (including phenoxy) is 1. The van der Waals surface area contributed by atoms with Gasteiger partial charge in [-0.3, -0.25) is 14.4 Å². The fourth-order valence-electron chi connectivity index (χ4n) is 8.24. The number of hydrogen-bond acceptors (Lipinski definition) is 4. The number of nitrogens with zero attached hydrogens (tertiary/aromatic N) is 1. The third-order valence-electron chi connectivity index (χ3n) is 9.84. The highest BCUT2D eigenvalue weighted by Crippen LogP contribution is 2.70. The van der Waals surface area contributed by atoms with E-state index in [9.17, 15) is 14.4 Å². The number of amides is 3. The molecule has 7 nitrogen and oxygen atoms in total. The van der Waals surface area contributed by atoms with E-state index in [1.165, 1.54) is 0 Å². The van der Waals surface area contributed by atoms with Crippen LogP contribution in [0.25, 0.3) is 6.08 Å². The SMILES string of the molecule is CC1(C)C=Cc2c(ccc3c2NC(=O)[C@@]32C[C@@]34NC(=O)[C@]5(CCCN5C3=O)C[C@@H]4C2(C)C)O1. The number of rotatable bonds is 0. The van der Waals surface area contributed by atoms with Crippen molar-refractivity contribution >= 4 is 29.5 Å². The molecule has 2 N–H and O–H groups in total. The molecule has 3 amide bonds. The molecule has 7 aliphatic rings. The molecule has 2 bridgehead atoms. The van der Waals surface area contributed by atoms with Gasteiger partial charge in [0.05, 0.1) is 11.1 Å². The van der Waals surface area contributed by atoms with Crippen molar-refractivity contribution in [3.05, 3.63) is 29.3 Å². The number of benzene rings is 1. The summed E-state index contributed by atoms with van der Waals surface area (Å²) in [6.45, 7) is 8.86. The first kappa shape index (κ1) is 19.6. The van der Waals surface area contributed by atoms with E-state index in [0.717, 1.165) is 29.0 Å².